The highest BCUT2D eigenvalue weighted by Crippen LogP contribution is 2.01. The molecule has 1 unspecified atom stereocenters. The Labute approximate surface area is 103 Å². The second-order valence-corrected chi connectivity index (χ2v) is 3.54. The van der Waals surface area contributed by atoms with Crippen LogP contribution < -0.4 is 5.32 Å². The third kappa shape index (κ3) is 3.65. The lowest BCUT2D eigenvalue weighted by Crippen LogP contribution is -2.44. The molecule has 0 aliphatic heterocycles. The van der Waals surface area contributed by atoms with E-state index in [0.717, 1.165) is 0 Å². The van der Waals surface area contributed by atoms with Gasteiger partial charge in [0.15, 0.2) is 0 Å². The van der Waals surface area contributed by atoms with E-state index < -0.39 is 30.4 Å². The number of carboxylic acid groups (broad SMARTS) is 1. The molecule has 5 nitrogen and oxygen atoms in total. The van der Waals surface area contributed by atoms with Gasteiger partial charge in [-0.15, -0.1) is 0 Å². The van der Waals surface area contributed by atoms with Crippen molar-refractivity contribution in [2.75, 3.05) is 6.67 Å². The molecule has 6 heteroatoms. The van der Waals surface area contributed by atoms with Gasteiger partial charge in [-0.1, -0.05) is 30.3 Å². The molecular weight excluding hydrogens is 241 g/mol. The summed E-state index contributed by atoms with van der Waals surface area (Å²) in [7, 11) is 0. The number of hydrogen-bond acceptors (Lipinski definition) is 3. The molecule has 1 aromatic carbocycles. The molecule has 0 aromatic heterocycles. The minimum atomic E-state index is -1.39. The van der Waals surface area contributed by atoms with Gasteiger partial charge in [0.2, 0.25) is 5.78 Å². The zero-order valence-electron chi connectivity index (χ0n) is 9.43. The topological polar surface area (TPSA) is 83.5 Å². The van der Waals surface area contributed by atoms with Gasteiger partial charge in [0.25, 0.3) is 5.91 Å². The summed E-state index contributed by atoms with van der Waals surface area (Å²) < 4.78 is 12.1. The standard InChI is InChI=1S/C12H12FNO4/c13-7-6-9(12(17)18)14-11(16)10(15)8-4-2-1-3-5-8/h1-5,9H,6-7H2,(H,14,16)(H,17,18). The zero-order chi connectivity index (χ0) is 13.5. The van der Waals surface area contributed by atoms with Gasteiger partial charge < -0.3 is 10.4 Å². The molecule has 2 N–H and O–H groups in total. The smallest absolute Gasteiger partial charge is 0.326 e. The van der Waals surface area contributed by atoms with Gasteiger partial charge in [0, 0.05) is 12.0 Å². The second-order valence-electron chi connectivity index (χ2n) is 3.54. The third-order valence-corrected chi connectivity index (χ3v) is 2.24. The molecule has 0 fully saturated rings. The second kappa shape index (κ2) is 6.48. The number of nitrogens with one attached hydrogen (secondary N) is 1. The number of halogens is 1. The molecule has 96 valence electrons. The van der Waals surface area contributed by atoms with Crippen molar-refractivity contribution < 1.29 is 23.9 Å². The molecule has 0 spiro atoms. The van der Waals surface area contributed by atoms with Crippen LogP contribution in [-0.4, -0.2) is 35.5 Å². The van der Waals surface area contributed by atoms with Crippen LogP contribution in [0.25, 0.3) is 0 Å². The summed E-state index contributed by atoms with van der Waals surface area (Å²) >= 11 is 0. The lowest BCUT2D eigenvalue weighted by atomic mass is 10.1. The Bertz CT molecular complexity index is 447. The van der Waals surface area contributed by atoms with Crippen molar-refractivity contribution in [2.24, 2.45) is 0 Å². The van der Waals surface area contributed by atoms with Gasteiger partial charge >= 0.3 is 5.97 Å². The van der Waals surface area contributed by atoms with E-state index in [1.807, 2.05) is 5.32 Å². The summed E-state index contributed by atoms with van der Waals surface area (Å²) in [6.07, 6.45) is -0.372. The molecule has 1 atom stereocenters. The minimum Gasteiger partial charge on any atom is -0.480 e. The van der Waals surface area contributed by atoms with Gasteiger partial charge in [-0.05, 0) is 0 Å². The van der Waals surface area contributed by atoms with E-state index in [1.54, 1.807) is 18.2 Å². The zero-order valence-corrected chi connectivity index (χ0v) is 9.43. The number of carbonyl (C=O) groups is 3. The highest BCUT2D eigenvalue weighted by atomic mass is 19.1. The van der Waals surface area contributed by atoms with E-state index in [2.05, 4.69) is 0 Å². The lowest BCUT2D eigenvalue weighted by Gasteiger charge is -2.11. The van der Waals surface area contributed by atoms with Gasteiger partial charge in [-0.2, -0.15) is 0 Å². The number of rotatable bonds is 6. The van der Waals surface area contributed by atoms with Crippen molar-refractivity contribution in [3.63, 3.8) is 0 Å². The SMILES string of the molecule is O=C(NC(CCF)C(=O)O)C(=O)c1ccccc1. The molecular formula is C12H12FNO4. The first-order chi connectivity index (χ1) is 8.56. The fourth-order valence-corrected chi connectivity index (χ4v) is 1.31. The highest BCUT2D eigenvalue weighted by molar-refractivity contribution is 6.43. The average Bonchev–Trinajstić information content (AvgIpc) is 2.38. The van der Waals surface area contributed by atoms with Crippen LogP contribution in [-0.2, 0) is 9.59 Å². The molecule has 1 amide bonds. The van der Waals surface area contributed by atoms with Gasteiger partial charge in [0.1, 0.15) is 6.04 Å². The van der Waals surface area contributed by atoms with Crippen LogP contribution in [0.1, 0.15) is 16.8 Å². The normalized spacial score (nSPS) is 11.6. The van der Waals surface area contributed by atoms with E-state index in [9.17, 15) is 18.8 Å². The molecule has 1 aromatic rings. The first-order valence-corrected chi connectivity index (χ1v) is 5.25. The number of alkyl halides is 1. The minimum absolute atomic E-state index is 0.152. The third-order valence-electron chi connectivity index (χ3n) is 2.24. The van der Waals surface area contributed by atoms with Crippen LogP contribution in [0, 0.1) is 0 Å². The number of amides is 1. The molecule has 0 radical (unpaired) electrons. The number of carbonyl (C=O) groups excluding carboxylic acids is 2. The molecule has 0 aliphatic carbocycles. The molecule has 0 heterocycles. The fraction of sp³-hybridized carbons (Fsp3) is 0.250. The van der Waals surface area contributed by atoms with Crippen molar-refractivity contribution >= 4 is 17.7 Å². The summed E-state index contributed by atoms with van der Waals surface area (Å²) in [4.78, 5) is 33.8. The maximum Gasteiger partial charge on any atom is 0.326 e. The van der Waals surface area contributed by atoms with E-state index >= 15 is 0 Å². The number of aliphatic carboxylic acids is 1. The Morgan fingerprint density at radius 2 is 1.83 bits per heavy atom. The van der Waals surface area contributed by atoms with E-state index in [-0.39, 0.29) is 12.0 Å². The van der Waals surface area contributed by atoms with E-state index in [1.165, 1.54) is 12.1 Å². The molecule has 0 saturated heterocycles. The Balaban J connectivity index is 2.70. The Morgan fingerprint density at radius 3 is 2.33 bits per heavy atom. The summed E-state index contributed by atoms with van der Waals surface area (Å²) in [6, 6.07) is 6.32. The molecule has 0 saturated carbocycles. The summed E-state index contributed by atoms with van der Waals surface area (Å²) in [6.45, 7) is -0.892. The van der Waals surface area contributed by atoms with Crippen molar-refractivity contribution in [3.05, 3.63) is 35.9 Å². The number of ketones is 1. The van der Waals surface area contributed by atoms with E-state index in [4.69, 9.17) is 5.11 Å². The predicted molar refractivity (Wildman–Crippen MR) is 60.9 cm³/mol. The first kappa shape index (κ1) is 13.8. The van der Waals surface area contributed by atoms with Crippen molar-refractivity contribution in [1.29, 1.82) is 0 Å². The van der Waals surface area contributed by atoms with Crippen LogP contribution in [0.15, 0.2) is 30.3 Å². The quantitative estimate of drug-likeness (QED) is 0.580. The molecule has 0 aliphatic rings. The van der Waals surface area contributed by atoms with Crippen LogP contribution in [0.4, 0.5) is 4.39 Å². The molecule has 18 heavy (non-hydrogen) atoms. The number of carboxylic acids is 1. The molecule has 1 rings (SSSR count). The van der Waals surface area contributed by atoms with Crippen LogP contribution in [0.3, 0.4) is 0 Å². The predicted octanol–water partition coefficient (Wildman–Crippen LogP) is 0.798. The van der Waals surface area contributed by atoms with Gasteiger partial charge in [0.05, 0.1) is 6.67 Å². The van der Waals surface area contributed by atoms with Crippen molar-refractivity contribution in [3.8, 4) is 0 Å². The van der Waals surface area contributed by atoms with Crippen molar-refractivity contribution in [1.82, 2.24) is 5.32 Å². The maximum absolute atomic E-state index is 12.1. The number of benzene rings is 1. The van der Waals surface area contributed by atoms with Crippen LogP contribution >= 0.6 is 0 Å². The summed E-state index contributed by atoms with van der Waals surface area (Å²) in [5, 5.41) is 10.7. The Morgan fingerprint density at radius 1 is 1.22 bits per heavy atom. The Hall–Kier alpha value is -2.24. The number of Topliss-reactive ketones (excluding diaryl/α,β-unsaturated/α-hetero) is 1. The fourth-order valence-electron chi connectivity index (χ4n) is 1.31. The summed E-state index contributed by atoms with van der Waals surface area (Å²) in [5.41, 5.74) is 0.152. The monoisotopic (exact) mass is 253 g/mol. The highest BCUT2D eigenvalue weighted by Gasteiger charge is 2.24. The average molecular weight is 253 g/mol. The largest absolute Gasteiger partial charge is 0.480 e. The summed E-state index contributed by atoms with van der Waals surface area (Å²) in [5.74, 6) is -3.27. The van der Waals surface area contributed by atoms with Crippen LogP contribution in [0.5, 0.6) is 0 Å². The molecule has 0 bridgehead atoms. The Kier molecular flexibility index (Phi) is 4.98. The van der Waals surface area contributed by atoms with Crippen LogP contribution in [0.2, 0.25) is 0 Å². The number of hydrogen-bond donors (Lipinski definition) is 2. The van der Waals surface area contributed by atoms with Gasteiger partial charge in [-0.25, -0.2) is 4.79 Å². The van der Waals surface area contributed by atoms with E-state index in [0.29, 0.717) is 0 Å². The van der Waals surface area contributed by atoms with Crippen molar-refractivity contribution in [2.45, 2.75) is 12.5 Å². The van der Waals surface area contributed by atoms with Gasteiger partial charge in [-0.3, -0.25) is 14.0 Å². The lowest BCUT2D eigenvalue weighted by molar-refractivity contribution is -0.141. The first-order valence-electron chi connectivity index (χ1n) is 5.25. The maximum atomic E-state index is 12.1.